The number of likely N-dealkylation sites (N-methyl/N-ethyl adjacent to an activating group) is 1. The Morgan fingerprint density at radius 2 is 1.75 bits per heavy atom. The standard InChI is InChI=1S/C18H26N2O3S/c1-19-15-5-4-12-20(13-15)18(21)14-8-10-17(11-9-14)24(22,23)16-6-2-3-7-16/h8-11,15-16,19H,2-7,12-13H2,1H3. The lowest BCUT2D eigenvalue weighted by Crippen LogP contribution is -2.46. The number of likely N-dealkylation sites (tertiary alicyclic amines) is 1. The van der Waals surface area contributed by atoms with Gasteiger partial charge in [-0.05, 0) is 57.0 Å². The van der Waals surface area contributed by atoms with E-state index in [1.807, 2.05) is 11.9 Å². The van der Waals surface area contributed by atoms with Crippen molar-refractivity contribution in [1.82, 2.24) is 10.2 Å². The van der Waals surface area contributed by atoms with Crippen LogP contribution in [-0.2, 0) is 9.84 Å². The molecule has 1 aromatic carbocycles. The fourth-order valence-electron chi connectivity index (χ4n) is 3.76. The fourth-order valence-corrected chi connectivity index (χ4v) is 5.61. The highest BCUT2D eigenvalue weighted by Gasteiger charge is 2.30. The Labute approximate surface area is 144 Å². The summed E-state index contributed by atoms with van der Waals surface area (Å²) in [5.41, 5.74) is 0.567. The van der Waals surface area contributed by atoms with Gasteiger partial charge in [-0.15, -0.1) is 0 Å². The summed E-state index contributed by atoms with van der Waals surface area (Å²) in [5.74, 6) is -0.0141. The molecule has 1 saturated carbocycles. The number of hydrogen-bond donors (Lipinski definition) is 1. The minimum atomic E-state index is -3.25. The van der Waals surface area contributed by atoms with Crippen LogP contribution in [0.2, 0.25) is 0 Å². The number of piperidine rings is 1. The molecule has 1 unspecified atom stereocenters. The largest absolute Gasteiger partial charge is 0.337 e. The van der Waals surface area contributed by atoms with Gasteiger partial charge >= 0.3 is 0 Å². The first-order valence-electron chi connectivity index (χ1n) is 8.83. The molecule has 0 bridgehead atoms. The van der Waals surface area contributed by atoms with E-state index in [2.05, 4.69) is 5.32 Å². The van der Waals surface area contributed by atoms with Gasteiger partial charge in [0, 0.05) is 24.7 Å². The molecule has 1 heterocycles. The summed E-state index contributed by atoms with van der Waals surface area (Å²) in [7, 11) is -1.34. The van der Waals surface area contributed by atoms with E-state index in [1.54, 1.807) is 24.3 Å². The molecule has 1 amide bonds. The normalized spacial score (nSPS) is 22.7. The van der Waals surface area contributed by atoms with E-state index < -0.39 is 9.84 Å². The lowest BCUT2D eigenvalue weighted by atomic mass is 10.0. The smallest absolute Gasteiger partial charge is 0.253 e. The van der Waals surface area contributed by atoms with E-state index in [0.717, 1.165) is 45.1 Å². The Morgan fingerprint density at radius 1 is 1.08 bits per heavy atom. The number of amides is 1. The summed E-state index contributed by atoms with van der Waals surface area (Å²) >= 11 is 0. The summed E-state index contributed by atoms with van der Waals surface area (Å²) < 4.78 is 25.2. The fraction of sp³-hybridized carbons (Fsp3) is 0.611. The Bertz CT molecular complexity index is 679. The van der Waals surface area contributed by atoms with Crippen LogP contribution >= 0.6 is 0 Å². The van der Waals surface area contributed by atoms with E-state index in [9.17, 15) is 13.2 Å². The monoisotopic (exact) mass is 350 g/mol. The van der Waals surface area contributed by atoms with E-state index >= 15 is 0 Å². The van der Waals surface area contributed by atoms with Gasteiger partial charge in [-0.25, -0.2) is 8.42 Å². The highest BCUT2D eigenvalue weighted by Crippen LogP contribution is 2.29. The molecule has 2 fully saturated rings. The Hall–Kier alpha value is -1.40. The van der Waals surface area contributed by atoms with Gasteiger partial charge in [0.2, 0.25) is 0 Å². The minimum Gasteiger partial charge on any atom is -0.337 e. The molecule has 0 radical (unpaired) electrons. The second kappa shape index (κ2) is 7.23. The third-order valence-corrected chi connectivity index (χ3v) is 7.57. The zero-order valence-corrected chi connectivity index (χ0v) is 15.0. The molecular formula is C18H26N2O3S. The van der Waals surface area contributed by atoms with Crippen molar-refractivity contribution >= 4 is 15.7 Å². The Balaban J connectivity index is 1.73. The van der Waals surface area contributed by atoms with Crippen LogP contribution in [0.4, 0.5) is 0 Å². The molecule has 6 heteroatoms. The van der Waals surface area contributed by atoms with Crippen molar-refractivity contribution in [1.29, 1.82) is 0 Å². The summed E-state index contributed by atoms with van der Waals surface area (Å²) in [6.45, 7) is 1.47. The number of carbonyl (C=O) groups excluding carboxylic acids is 1. The predicted octanol–water partition coefficient (Wildman–Crippen LogP) is 2.23. The molecule has 5 nitrogen and oxygen atoms in total. The second-order valence-corrected chi connectivity index (χ2v) is 9.08. The van der Waals surface area contributed by atoms with Crippen molar-refractivity contribution in [3.8, 4) is 0 Å². The third-order valence-electron chi connectivity index (χ3n) is 5.29. The zero-order valence-electron chi connectivity index (χ0n) is 14.2. The van der Waals surface area contributed by atoms with Gasteiger partial charge in [0.25, 0.3) is 5.91 Å². The van der Waals surface area contributed by atoms with Crippen LogP contribution in [0, 0.1) is 0 Å². The van der Waals surface area contributed by atoms with E-state index in [-0.39, 0.29) is 11.2 Å². The van der Waals surface area contributed by atoms with Crippen LogP contribution in [0.5, 0.6) is 0 Å². The van der Waals surface area contributed by atoms with Gasteiger partial charge in [0.15, 0.2) is 9.84 Å². The molecule has 0 spiro atoms. The van der Waals surface area contributed by atoms with Gasteiger partial charge in [0.1, 0.15) is 0 Å². The van der Waals surface area contributed by atoms with Crippen LogP contribution in [0.3, 0.4) is 0 Å². The average Bonchev–Trinajstić information content (AvgIpc) is 3.17. The van der Waals surface area contributed by atoms with Gasteiger partial charge in [-0.2, -0.15) is 0 Å². The molecule has 1 aromatic rings. The molecule has 1 atom stereocenters. The summed E-state index contributed by atoms with van der Waals surface area (Å²) in [5, 5.41) is 2.97. The first-order chi connectivity index (χ1) is 11.5. The molecule has 1 saturated heterocycles. The summed E-state index contributed by atoms with van der Waals surface area (Å²) in [6, 6.07) is 6.85. The van der Waals surface area contributed by atoms with Gasteiger partial charge in [0.05, 0.1) is 10.1 Å². The average molecular weight is 350 g/mol. The molecule has 0 aromatic heterocycles. The third kappa shape index (κ3) is 3.49. The maximum absolute atomic E-state index is 12.6. The van der Waals surface area contributed by atoms with E-state index in [4.69, 9.17) is 0 Å². The van der Waals surface area contributed by atoms with Crippen LogP contribution in [0.1, 0.15) is 48.9 Å². The zero-order chi connectivity index (χ0) is 17.2. The van der Waals surface area contributed by atoms with Crippen molar-refractivity contribution < 1.29 is 13.2 Å². The van der Waals surface area contributed by atoms with Gasteiger partial charge in [-0.3, -0.25) is 4.79 Å². The van der Waals surface area contributed by atoms with Crippen LogP contribution in [-0.4, -0.2) is 50.7 Å². The highest BCUT2D eigenvalue weighted by atomic mass is 32.2. The number of nitrogens with one attached hydrogen (secondary N) is 1. The molecule has 24 heavy (non-hydrogen) atoms. The Morgan fingerprint density at radius 3 is 2.38 bits per heavy atom. The number of benzene rings is 1. The first kappa shape index (κ1) is 17.4. The number of sulfone groups is 1. The highest BCUT2D eigenvalue weighted by molar-refractivity contribution is 7.92. The lowest BCUT2D eigenvalue weighted by molar-refractivity contribution is 0.0698. The molecule has 3 rings (SSSR count). The molecule has 132 valence electrons. The van der Waals surface area contributed by atoms with Crippen molar-refractivity contribution in [2.75, 3.05) is 20.1 Å². The van der Waals surface area contributed by atoms with Crippen molar-refractivity contribution in [3.63, 3.8) is 0 Å². The number of hydrogen-bond acceptors (Lipinski definition) is 4. The van der Waals surface area contributed by atoms with Crippen LogP contribution in [0.15, 0.2) is 29.2 Å². The summed E-state index contributed by atoms with van der Waals surface area (Å²) in [6.07, 6.45) is 5.55. The molecule has 1 aliphatic carbocycles. The summed E-state index contributed by atoms with van der Waals surface area (Å²) in [4.78, 5) is 14.8. The van der Waals surface area contributed by atoms with Crippen molar-refractivity contribution in [2.45, 2.75) is 54.7 Å². The first-order valence-corrected chi connectivity index (χ1v) is 10.4. The van der Waals surface area contributed by atoms with Crippen molar-refractivity contribution in [3.05, 3.63) is 29.8 Å². The quantitative estimate of drug-likeness (QED) is 0.904. The van der Waals surface area contributed by atoms with E-state index in [1.165, 1.54) is 0 Å². The molecule has 1 aliphatic heterocycles. The molecule has 2 aliphatic rings. The molecular weight excluding hydrogens is 324 g/mol. The minimum absolute atomic E-state index is 0.0141. The maximum atomic E-state index is 12.6. The number of rotatable bonds is 4. The van der Waals surface area contributed by atoms with Gasteiger partial charge in [-0.1, -0.05) is 12.8 Å². The SMILES string of the molecule is CNC1CCCN(C(=O)c2ccc(S(=O)(=O)C3CCCC3)cc2)C1. The van der Waals surface area contributed by atoms with Crippen LogP contribution < -0.4 is 5.32 Å². The van der Waals surface area contributed by atoms with E-state index in [0.29, 0.717) is 23.0 Å². The topological polar surface area (TPSA) is 66.5 Å². The van der Waals surface area contributed by atoms with Gasteiger partial charge < -0.3 is 10.2 Å². The maximum Gasteiger partial charge on any atom is 0.253 e. The molecule has 1 N–H and O–H groups in total. The Kier molecular flexibility index (Phi) is 5.25. The lowest BCUT2D eigenvalue weighted by Gasteiger charge is -2.32. The second-order valence-electron chi connectivity index (χ2n) is 6.85. The van der Waals surface area contributed by atoms with Crippen LogP contribution in [0.25, 0.3) is 0 Å². The van der Waals surface area contributed by atoms with Crippen molar-refractivity contribution in [2.24, 2.45) is 0 Å². The number of carbonyl (C=O) groups is 1. The number of nitrogens with zero attached hydrogens (tertiary/aromatic N) is 1. The predicted molar refractivity (Wildman–Crippen MR) is 93.9 cm³/mol.